The molecule has 2 N–H and O–H groups in total. The summed E-state index contributed by atoms with van der Waals surface area (Å²) in [5, 5.41) is 6.98. The highest BCUT2D eigenvalue weighted by Gasteiger charge is 2.26. The van der Waals surface area contributed by atoms with Crippen LogP contribution in [0, 0.1) is 12.8 Å². The Labute approximate surface area is 213 Å². The van der Waals surface area contributed by atoms with Gasteiger partial charge in [0.15, 0.2) is 5.82 Å². The molecular weight excluding hydrogens is 496 g/mol. The van der Waals surface area contributed by atoms with Gasteiger partial charge < -0.3 is 10.2 Å². The number of anilines is 3. The first kappa shape index (κ1) is 24.2. The Morgan fingerprint density at radius 2 is 1.76 bits per heavy atom. The minimum absolute atomic E-state index is 0.000284. The van der Waals surface area contributed by atoms with Gasteiger partial charge in [-0.05, 0) is 50.1 Å². The van der Waals surface area contributed by atoms with Crippen LogP contribution in [-0.4, -0.2) is 62.1 Å². The minimum Gasteiger partial charge on any atom is -0.356 e. The molecule has 0 saturated carbocycles. The zero-order valence-corrected chi connectivity index (χ0v) is 20.7. The van der Waals surface area contributed by atoms with Gasteiger partial charge >= 0.3 is 0 Å². The van der Waals surface area contributed by atoms with Crippen LogP contribution in [0.5, 0.6) is 0 Å². The molecule has 1 fully saturated rings. The smallest absolute Gasteiger partial charge is 0.264 e. The number of hydrogen-bond donors (Lipinski definition) is 2. The molecule has 1 saturated heterocycles. The maximum atomic E-state index is 12.9. The second-order valence-electron chi connectivity index (χ2n) is 8.48. The van der Waals surface area contributed by atoms with Crippen LogP contribution in [0.3, 0.4) is 0 Å². The molecule has 4 aromatic rings. The number of carbonyl (C=O) groups is 1. The van der Waals surface area contributed by atoms with E-state index in [0.29, 0.717) is 43.1 Å². The largest absolute Gasteiger partial charge is 0.356 e. The van der Waals surface area contributed by atoms with E-state index < -0.39 is 10.0 Å². The first-order valence-electron chi connectivity index (χ1n) is 11.5. The molecule has 0 aliphatic carbocycles. The van der Waals surface area contributed by atoms with E-state index in [1.165, 1.54) is 31.0 Å². The van der Waals surface area contributed by atoms with Gasteiger partial charge in [0, 0.05) is 42.7 Å². The minimum atomic E-state index is -3.86. The Morgan fingerprint density at radius 3 is 2.46 bits per heavy atom. The van der Waals surface area contributed by atoms with Crippen molar-refractivity contribution in [3.63, 3.8) is 0 Å². The molecular formula is C23H24N10O3S. The monoisotopic (exact) mass is 520 g/mol. The van der Waals surface area contributed by atoms with Crippen LogP contribution in [-0.2, 0) is 14.8 Å². The van der Waals surface area contributed by atoms with E-state index in [9.17, 15) is 13.2 Å². The molecule has 0 atom stereocenters. The summed E-state index contributed by atoms with van der Waals surface area (Å²) in [5.74, 6) is 1.11. The van der Waals surface area contributed by atoms with Crippen molar-refractivity contribution >= 4 is 33.4 Å². The van der Waals surface area contributed by atoms with Crippen molar-refractivity contribution in [2.24, 2.45) is 5.92 Å². The van der Waals surface area contributed by atoms with Crippen LogP contribution in [0.1, 0.15) is 18.5 Å². The van der Waals surface area contributed by atoms with Gasteiger partial charge in [-0.3, -0.25) is 4.79 Å². The predicted molar refractivity (Wildman–Crippen MR) is 135 cm³/mol. The van der Waals surface area contributed by atoms with Crippen molar-refractivity contribution in [2.75, 3.05) is 28.0 Å². The fourth-order valence-corrected chi connectivity index (χ4v) is 4.92. The normalized spacial score (nSPS) is 14.4. The van der Waals surface area contributed by atoms with Gasteiger partial charge in [-0.2, -0.15) is 5.10 Å². The Hall–Kier alpha value is -4.46. The lowest BCUT2D eigenvalue weighted by Crippen LogP contribution is -2.38. The Kier molecular flexibility index (Phi) is 6.72. The van der Waals surface area contributed by atoms with Gasteiger partial charge in [0.1, 0.15) is 24.8 Å². The maximum Gasteiger partial charge on any atom is 0.264 e. The zero-order valence-electron chi connectivity index (χ0n) is 19.9. The molecule has 4 heterocycles. The predicted octanol–water partition coefficient (Wildman–Crippen LogP) is 1.81. The van der Waals surface area contributed by atoms with Gasteiger partial charge in [0.05, 0.1) is 4.90 Å². The van der Waals surface area contributed by atoms with Crippen LogP contribution in [0.15, 0.2) is 66.5 Å². The number of rotatable bonds is 7. The summed E-state index contributed by atoms with van der Waals surface area (Å²) in [6.45, 7) is 3.07. The molecule has 1 aliphatic heterocycles. The van der Waals surface area contributed by atoms with E-state index in [-0.39, 0.29) is 22.7 Å². The average Bonchev–Trinajstić information content (AvgIpc) is 3.44. The molecule has 0 bridgehead atoms. The van der Waals surface area contributed by atoms with Crippen molar-refractivity contribution in [2.45, 2.75) is 24.7 Å². The SMILES string of the molecule is Cc1ccnc(NS(=O)(=O)c2ccc(NC(=O)C3CCN(c4cc(-n5cncn5)ncn4)CC3)cc2)n1. The molecule has 0 spiro atoms. The lowest BCUT2D eigenvalue weighted by atomic mass is 9.96. The van der Waals surface area contributed by atoms with Gasteiger partial charge in [-0.15, -0.1) is 0 Å². The molecule has 37 heavy (non-hydrogen) atoms. The van der Waals surface area contributed by atoms with Crippen molar-refractivity contribution in [1.82, 2.24) is 34.7 Å². The zero-order chi connectivity index (χ0) is 25.8. The van der Waals surface area contributed by atoms with Crippen LogP contribution in [0.25, 0.3) is 5.82 Å². The quantitative estimate of drug-likeness (QED) is 0.368. The standard InChI is InChI=1S/C23H24N10O3S/c1-16-6-9-25-23(29-16)31-37(35,36)19-4-2-18(3-5-19)30-22(34)17-7-10-32(11-8-17)20-12-21(27-14-26-20)33-15-24-13-28-33/h2-6,9,12-15,17H,7-8,10-11H2,1H3,(H,30,34)(H,25,29,31). The van der Waals surface area contributed by atoms with Crippen LogP contribution in [0.2, 0.25) is 0 Å². The average molecular weight is 521 g/mol. The summed E-state index contributed by atoms with van der Waals surface area (Å²) < 4.78 is 29.2. The molecule has 1 amide bonds. The first-order chi connectivity index (χ1) is 17.9. The number of amides is 1. The molecule has 14 heteroatoms. The molecule has 3 aromatic heterocycles. The second kappa shape index (κ2) is 10.3. The van der Waals surface area contributed by atoms with Gasteiger partial charge in [0.2, 0.25) is 11.9 Å². The first-order valence-corrected chi connectivity index (χ1v) is 13.0. The van der Waals surface area contributed by atoms with Gasteiger partial charge in [-0.1, -0.05) is 0 Å². The number of nitrogens with zero attached hydrogens (tertiary/aromatic N) is 8. The number of aryl methyl sites for hydroxylation is 1. The summed E-state index contributed by atoms with van der Waals surface area (Å²) in [6.07, 6.45) is 7.28. The third-order valence-electron chi connectivity index (χ3n) is 5.93. The summed E-state index contributed by atoms with van der Waals surface area (Å²) >= 11 is 0. The molecule has 13 nitrogen and oxygen atoms in total. The third kappa shape index (κ3) is 5.69. The van der Waals surface area contributed by atoms with Crippen LogP contribution < -0.4 is 14.9 Å². The van der Waals surface area contributed by atoms with E-state index in [4.69, 9.17) is 0 Å². The summed E-state index contributed by atoms with van der Waals surface area (Å²) in [4.78, 5) is 35.5. The number of aromatic nitrogens is 7. The van der Waals surface area contributed by atoms with Crippen LogP contribution >= 0.6 is 0 Å². The molecule has 0 unspecified atom stereocenters. The molecule has 190 valence electrons. The molecule has 1 aliphatic rings. The van der Waals surface area contributed by atoms with Gasteiger partial charge in [0.25, 0.3) is 10.0 Å². The molecule has 1 aromatic carbocycles. The van der Waals surface area contributed by atoms with E-state index in [0.717, 1.165) is 5.82 Å². The van der Waals surface area contributed by atoms with E-state index >= 15 is 0 Å². The third-order valence-corrected chi connectivity index (χ3v) is 7.28. The maximum absolute atomic E-state index is 12.9. The number of piperidine rings is 1. The van der Waals surface area contributed by atoms with Crippen molar-refractivity contribution in [1.29, 1.82) is 0 Å². The van der Waals surface area contributed by atoms with Crippen molar-refractivity contribution in [3.8, 4) is 5.82 Å². The van der Waals surface area contributed by atoms with E-state index in [2.05, 4.69) is 45.0 Å². The van der Waals surface area contributed by atoms with Crippen molar-refractivity contribution in [3.05, 3.63) is 67.3 Å². The number of benzene rings is 1. The van der Waals surface area contributed by atoms with E-state index in [1.54, 1.807) is 36.1 Å². The lowest BCUT2D eigenvalue weighted by Gasteiger charge is -2.32. The van der Waals surface area contributed by atoms with Gasteiger partial charge in [-0.25, -0.2) is 42.7 Å². The summed E-state index contributed by atoms with van der Waals surface area (Å²) in [5.41, 5.74) is 1.16. The van der Waals surface area contributed by atoms with Crippen LogP contribution in [0.4, 0.5) is 17.5 Å². The Bertz CT molecular complexity index is 1490. The summed E-state index contributed by atoms with van der Waals surface area (Å²) in [7, 11) is -3.86. The Balaban J connectivity index is 1.16. The highest BCUT2D eigenvalue weighted by Crippen LogP contribution is 2.24. The topological polar surface area (TPSA) is 161 Å². The highest BCUT2D eigenvalue weighted by atomic mass is 32.2. The number of sulfonamides is 1. The molecule has 0 radical (unpaired) electrons. The fourth-order valence-electron chi connectivity index (χ4n) is 3.97. The highest BCUT2D eigenvalue weighted by molar-refractivity contribution is 7.92. The van der Waals surface area contributed by atoms with E-state index in [1.807, 2.05) is 6.07 Å². The fraction of sp³-hybridized carbons (Fsp3) is 0.261. The lowest BCUT2D eigenvalue weighted by molar-refractivity contribution is -0.120. The number of hydrogen-bond acceptors (Lipinski definition) is 10. The second-order valence-corrected chi connectivity index (χ2v) is 10.2. The number of nitrogens with one attached hydrogen (secondary N) is 2. The Morgan fingerprint density at radius 1 is 1.00 bits per heavy atom. The molecule has 5 rings (SSSR count). The van der Waals surface area contributed by atoms with Crippen molar-refractivity contribution < 1.29 is 13.2 Å². The number of carbonyl (C=O) groups excluding carboxylic acids is 1. The summed E-state index contributed by atoms with van der Waals surface area (Å²) in [6, 6.07) is 9.49.